The van der Waals surface area contributed by atoms with Crippen molar-refractivity contribution in [2.45, 2.75) is 25.9 Å². The van der Waals surface area contributed by atoms with E-state index in [0.29, 0.717) is 12.0 Å². The zero-order valence-electron chi connectivity index (χ0n) is 21.4. The van der Waals surface area contributed by atoms with Crippen molar-refractivity contribution in [1.29, 1.82) is 0 Å². The summed E-state index contributed by atoms with van der Waals surface area (Å²) in [5, 5.41) is 22.7. The van der Waals surface area contributed by atoms with Crippen molar-refractivity contribution < 1.29 is 29.0 Å². The third-order valence-corrected chi connectivity index (χ3v) is 6.76. The minimum Gasteiger partial charge on any atom is -0.505 e. The highest BCUT2D eigenvalue weighted by Gasteiger charge is 2.35. The van der Waals surface area contributed by atoms with Crippen molar-refractivity contribution in [3.8, 4) is 5.75 Å². The minimum absolute atomic E-state index is 0.0355. The molecular formula is C29H25FN4O6. The number of aromatic hydroxyl groups is 1. The lowest BCUT2D eigenvalue weighted by molar-refractivity contribution is 0.0648. The summed E-state index contributed by atoms with van der Waals surface area (Å²) in [4.78, 5) is 57.7. The number of hydrogen-bond acceptors (Lipinski definition) is 7. The maximum Gasteiger partial charge on any atom is 0.267 e. The number of pyridine rings is 2. The summed E-state index contributed by atoms with van der Waals surface area (Å²) in [5.41, 5.74) is 0.656. The van der Waals surface area contributed by atoms with Gasteiger partial charge < -0.3 is 20.1 Å². The molecule has 0 aliphatic carbocycles. The first-order valence-electron chi connectivity index (χ1n) is 12.6. The van der Waals surface area contributed by atoms with Crippen LogP contribution in [0.15, 0.2) is 65.6 Å². The highest BCUT2D eigenvalue weighted by atomic mass is 19.1. The molecule has 0 saturated heterocycles. The molecule has 2 aromatic carbocycles. The Labute approximate surface area is 227 Å². The van der Waals surface area contributed by atoms with Crippen molar-refractivity contribution in [3.63, 3.8) is 0 Å². The Kier molecular flexibility index (Phi) is 7.14. The van der Waals surface area contributed by atoms with Gasteiger partial charge in [-0.25, -0.2) is 4.39 Å². The summed E-state index contributed by atoms with van der Waals surface area (Å²) in [6.07, 6.45) is 1.81. The summed E-state index contributed by atoms with van der Waals surface area (Å²) < 4.78 is 14.6. The molecule has 204 valence electrons. The lowest BCUT2D eigenvalue weighted by Crippen LogP contribution is -2.40. The third-order valence-electron chi connectivity index (χ3n) is 6.76. The summed E-state index contributed by atoms with van der Waals surface area (Å²) in [5.74, 6) is -2.91. The van der Waals surface area contributed by atoms with Gasteiger partial charge in [-0.05, 0) is 54.8 Å². The molecule has 3 amide bonds. The molecule has 1 unspecified atom stereocenters. The summed E-state index contributed by atoms with van der Waals surface area (Å²) in [7, 11) is 0. The van der Waals surface area contributed by atoms with Crippen molar-refractivity contribution >= 4 is 28.8 Å². The van der Waals surface area contributed by atoms with Gasteiger partial charge in [0.05, 0.1) is 23.3 Å². The number of fused-ring (bicyclic) bond motifs is 2. The summed E-state index contributed by atoms with van der Waals surface area (Å²) in [6.45, 7) is 0.775. The molecule has 0 saturated carbocycles. The third kappa shape index (κ3) is 4.82. The minimum atomic E-state index is -0.905. The van der Waals surface area contributed by atoms with E-state index < -0.39 is 40.6 Å². The highest BCUT2D eigenvalue weighted by Crippen LogP contribution is 2.27. The van der Waals surface area contributed by atoms with Crippen LogP contribution < -0.4 is 10.9 Å². The van der Waals surface area contributed by atoms with Gasteiger partial charge in [-0.1, -0.05) is 24.3 Å². The predicted molar refractivity (Wildman–Crippen MR) is 143 cm³/mol. The number of carbonyl (C=O) groups is 3. The largest absolute Gasteiger partial charge is 0.505 e. The number of carbonyl (C=O) groups excluding carboxylic acids is 3. The molecule has 11 heteroatoms. The van der Waals surface area contributed by atoms with Crippen molar-refractivity contribution in [3.05, 3.63) is 105 Å². The molecule has 0 spiro atoms. The van der Waals surface area contributed by atoms with Crippen LogP contribution in [0.5, 0.6) is 5.75 Å². The van der Waals surface area contributed by atoms with Crippen LogP contribution in [0.25, 0.3) is 11.0 Å². The first kappa shape index (κ1) is 26.7. The molecule has 3 N–H and O–H groups in total. The van der Waals surface area contributed by atoms with Gasteiger partial charge in [-0.15, -0.1) is 0 Å². The molecule has 1 aliphatic rings. The zero-order valence-corrected chi connectivity index (χ0v) is 21.4. The van der Waals surface area contributed by atoms with E-state index in [1.165, 1.54) is 29.8 Å². The summed E-state index contributed by atoms with van der Waals surface area (Å²) >= 11 is 0. The number of nitrogens with one attached hydrogen (secondary N) is 1. The number of imide groups is 1. The number of amides is 3. The van der Waals surface area contributed by atoms with Gasteiger partial charge in [0.25, 0.3) is 23.3 Å². The van der Waals surface area contributed by atoms with E-state index in [1.807, 2.05) is 0 Å². The Morgan fingerprint density at radius 1 is 1.00 bits per heavy atom. The quantitative estimate of drug-likeness (QED) is 0.289. The van der Waals surface area contributed by atoms with E-state index in [1.54, 1.807) is 42.5 Å². The number of aromatic nitrogens is 2. The SMILES string of the molecule is CC(CO)NC(=O)c1c(O)c2ncc(Cc3ccc(F)cc3)cc2n(CCN2C(=O)c3ccccc3C2=O)c1=O. The van der Waals surface area contributed by atoms with E-state index in [0.717, 1.165) is 10.5 Å². The fraction of sp³-hybridized carbons (Fsp3) is 0.207. The van der Waals surface area contributed by atoms with Gasteiger partial charge in [0.1, 0.15) is 16.9 Å². The molecule has 0 bridgehead atoms. The first-order valence-corrected chi connectivity index (χ1v) is 12.6. The first-order chi connectivity index (χ1) is 19.2. The van der Waals surface area contributed by atoms with Crippen LogP contribution in [-0.4, -0.2) is 61.6 Å². The van der Waals surface area contributed by atoms with Gasteiger partial charge in [0.15, 0.2) is 5.75 Å². The van der Waals surface area contributed by atoms with E-state index >= 15 is 0 Å². The molecule has 0 fully saturated rings. The molecule has 2 aromatic heterocycles. The van der Waals surface area contributed by atoms with Crippen LogP contribution >= 0.6 is 0 Å². The number of aliphatic hydroxyl groups is 1. The maximum absolute atomic E-state index is 13.6. The molecular weight excluding hydrogens is 519 g/mol. The number of halogens is 1. The van der Waals surface area contributed by atoms with Crippen molar-refractivity contribution in [2.24, 2.45) is 0 Å². The molecule has 10 nitrogen and oxygen atoms in total. The Balaban J connectivity index is 1.57. The standard InChI is InChI=1S/C29H25FN4O6/c1-16(15-35)32-26(37)23-25(36)24-22(13-18(14-31-24)12-17-6-8-19(30)9-7-17)33(29(23)40)10-11-34-27(38)20-4-2-3-5-21(20)28(34)39/h2-9,13-14,16,35-36H,10-12,15H2,1H3,(H,32,37). The number of nitrogens with zero attached hydrogens (tertiary/aromatic N) is 3. The predicted octanol–water partition coefficient (Wildman–Crippen LogP) is 2.24. The van der Waals surface area contributed by atoms with Crippen LogP contribution in [-0.2, 0) is 13.0 Å². The highest BCUT2D eigenvalue weighted by molar-refractivity contribution is 6.21. The second kappa shape index (κ2) is 10.7. The molecule has 1 atom stereocenters. The van der Waals surface area contributed by atoms with Crippen LogP contribution in [0.2, 0.25) is 0 Å². The Hall–Kier alpha value is -4.90. The topological polar surface area (TPSA) is 142 Å². The lowest BCUT2D eigenvalue weighted by atomic mass is 10.1. The molecule has 0 radical (unpaired) electrons. The lowest BCUT2D eigenvalue weighted by Gasteiger charge is -2.19. The van der Waals surface area contributed by atoms with Gasteiger partial charge in [0, 0.05) is 25.3 Å². The van der Waals surface area contributed by atoms with Crippen LogP contribution in [0.3, 0.4) is 0 Å². The van der Waals surface area contributed by atoms with Gasteiger partial charge >= 0.3 is 0 Å². The second-order valence-electron chi connectivity index (χ2n) is 9.56. The van der Waals surface area contributed by atoms with Gasteiger partial charge in [-0.3, -0.25) is 29.1 Å². The Morgan fingerprint density at radius 2 is 1.65 bits per heavy atom. The Morgan fingerprint density at radius 3 is 2.27 bits per heavy atom. The molecule has 3 heterocycles. The smallest absolute Gasteiger partial charge is 0.267 e. The molecule has 40 heavy (non-hydrogen) atoms. The summed E-state index contributed by atoms with van der Waals surface area (Å²) in [6, 6.07) is 13.2. The fourth-order valence-electron chi connectivity index (χ4n) is 4.69. The van der Waals surface area contributed by atoms with E-state index in [2.05, 4.69) is 10.3 Å². The van der Waals surface area contributed by atoms with Crippen LogP contribution in [0, 0.1) is 5.82 Å². The monoisotopic (exact) mass is 544 g/mol. The average molecular weight is 545 g/mol. The van der Waals surface area contributed by atoms with E-state index in [-0.39, 0.29) is 47.7 Å². The number of benzene rings is 2. The number of aliphatic hydroxyl groups excluding tert-OH is 1. The zero-order chi connectivity index (χ0) is 28.6. The second-order valence-corrected chi connectivity index (χ2v) is 9.56. The molecule has 5 rings (SSSR count). The van der Waals surface area contributed by atoms with E-state index in [4.69, 9.17) is 0 Å². The van der Waals surface area contributed by atoms with Crippen LogP contribution in [0.1, 0.15) is 49.1 Å². The van der Waals surface area contributed by atoms with Crippen molar-refractivity contribution in [2.75, 3.05) is 13.2 Å². The van der Waals surface area contributed by atoms with Gasteiger partial charge in [-0.2, -0.15) is 0 Å². The average Bonchev–Trinajstić information content (AvgIpc) is 3.19. The fourth-order valence-corrected chi connectivity index (χ4v) is 4.69. The maximum atomic E-state index is 13.6. The normalized spacial score (nSPS) is 13.5. The Bertz CT molecular complexity index is 1680. The van der Waals surface area contributed by atoms with E-state index in [9.17, 15) is 33.8 Å². The number of hydrogen-bond donors (Lipinski definition) is 3. The van der Waals surface area contributed by atoms with Crippen molar-refractivity contribution in [1.82, 2.24) is 19.8 Å². The number of rotatable bonds is 8. The molecule has 4 aromatic rings. The van der Waals surface area contributed by atoms with Crippen LogP contribution in [0.4, 0.5) is 4.39 Å². The molecule has 1 aliphatic heterocycles. The van der Waals surface area contributed by atoms with Gasteiger partial charge in [0.2, 0.25) is 0 Å².